The Hall–Kier alpha value is -1.70. The largest absolute Gasteiger partial charge is 0.260 e. The van der Waals surface area contributed by atoms with Crippen molar-refractivity contribution in [2.75, 3.05) is 0 Å². The molecule has 0 aromatic carbocycles. The van der Waals surface area contributed by atoms with Crippen LogP contribution in [-0.4, -0.2) is 9.97 Å². The van der Waals surface area contributed by atoms with E-state index in [1.165, 1.54) is 0 Å². The van der Waals surface area contributed by atoms with Crippen LogP contribution in [0.15, 0.2) is 36.7 Å². The van der Waals surface area contributed by atoms with Crippen molar-refractivity contribution in [3.05, 3.63) is 54.5 Å². The SMILES string of the molecule is [C]1c2ncccc2-c2cccnc21. The van der Waals surface area contributed by atoms with Gasteiger partial charge in [0.25, 0.3) is 0 Å². The topological polar surface area (TPSA) is 25.8 Å². The van der Waals surface area contributed by atoms with E-state index in [0.29, 0.717) is 0 Å². The van der Waals surface area contributed by atoms with Gasteiger partial charge in [-0.1, -0.05) is 12.1 Å². The number of hydrogen-bond donors (Lipinski definition) is 0. The van der Waals surface area contributed by atoms with E-state index in [-0.39, 0.29) is 0 Å². The van der Waals surface area contributed by atoms with Gasteiger partial charge in [-0.05, 0) is 12.1 Å². The van der Waals surface area contributed by atoms with Gasteiger partial charge in [0.15, 0.2) is 0 Å². The number of hydrogen-bond acceptors (Lipinski definition) is 2. The molecule has 2 radical (unpaired) electrons. The van der Waals surface area contributed by atoms with E-state index < -0.39 is 0 Å². The second kappa shape index (κ2) is 2.39. The van der Waals surface area contributed by atoms with Crippen LogP contribution in [0.4, 0.5) is 0 Å². The van der Waals surface area contributed by atoms with Gasteiger partial charge in [0, 0.05) is 23.5 Å². The van der Waals surface area contributed by atoms with Crippen molar-refractivity contribution in [1.29, 1.82) is 0 Å². The highest BCUT2D eigenvalue weighted by molar-refractivity contribution is 5.77. The zero-order chi connectivity index (χ0) is 8.67. The van der Waals surface area contributed by atoms with Crippen molar-refractivity contribution in [2.45, 2.75) is 0 Å². The molecule has 0 spiro atoms. The summed E-state index contributed by atoms with van der Waals surface area (Å²) in [6.07, 6.45) is 6.71. The van der Waals surface area contributed by atoms with E-state index in [0.717, 1.165) is 22.5 Å². The van der Waals surface area contributed by atoms with Crippen molar-refractivity contribution < 1.29 is 0 Å². The molecule has 2 aromatic rings. The van der Waals surface area contributed by atoms with Crippen molar-refractivity contribution >= 4 is 0 Å². The maximum absolute atomic E-state index is 4.22. The van der Waals surface area contributed by atoms with E-state index in [2.05, 4.69) is 16.4 Å². The minimum atomic E-state index is 0.899. The molecule has 0 atom stereocenters. The number of nitrogens with zero attached hydrogens (tertiary/aromatic N) is 2. The first kappa shape index (κ1) is 6.78. The summed E-state index contributed by atoms with van der Waals surface area (Å²) < 4.78 is 0. The molecular weight excluding hydrogens is 160 g/mol. The van der Waals surface area contributed by atoms with Gasteiger partial charge in [0.2, 0.25) is 0 Å². The standard InChI is InChI=1S/C11H6N2/c1-3-8-9-4-2-6-13-11(9)7-10(8)12-5-1/h1-6H. The molecule has 0 N–H and O–H groups in total. The highest BCUT2D eigenvalue weighted by atomic mass is 14.7. The van der Waals surface area contributed by atoms with Crippen molar-refractivity contribution in [3.8, 4) is 11.1 Å². The number of aromatic nitrogens is 2. The second-order valence-corrected chi connectivity index (χ2v) is 2.92. The first-order valence-corrected chi connectivity index (χ1v) is 4.12. The fourth-order valence-corrected chi connectivity index (χ4v) is 1.56. The molecule has 2 heteroatoms. The minimum absolute atomic E-state index is 0.899. The van der Waals surface area contributed by atoms with Crippen LogP contribution < -0.4 is 0 Å². The molecule has 60 valence electrons. The molecule has 0 saturated heterocycles. The molecule has 2 heterocycles. The van der Waals surface area contributed by atoms with Gasteiger partial charge in [-0.2, -0.15) is 0 Å². The van der Waals surface area contributed by atoms with E-state index in [1.807, 2.05) is 24.3 Å². The summed E-state index contributed by atoms with van der Waals surface area (Å²) in [4.78, 5) is 8.45. The summed E-state index contributed by atoms with van der Waals surface area (Å²) in [6, 6.07) is 7.96. The Kier molecular flexibility index (Phi) is 1.25. The average Bonchev–Trinajstić information content (AvgIpc) is 2.56. The molecule has 13 heavy (non-hydrogen) atoms. The normalized spacial score (nSPS) is 12.3. The highest BCUT2D eigenvalue weighted by Gasteiger charge is 2.19. The lowest BCUT2D eigenvalue weighted by Gasteiger charge is -1.96. The van der Waals surface area contributed by atoms with Crippen molar-refractivity contribution in [2.24, 2.45) is 0 Å². The zero-order valence-corrected chi connectivity index (χ0v) is 6.86. The molecule has 0 aliphatic heterocycles. The summed E-state index contributed by atoms with van der Waals surface area (Å²) in [5, 5.41) is 0. The van der Waals surface area contributed by atoms with Crippen LogP contribution in [0.2, 0.25) is 0 Å². The molecule has 0 amide bonds. The lowest BCUT2D eigenvalue weighted by atomic mass is 10.1. The minimum Gasteiger partial charge on any atom is -0.260 e. The summed E-state index contributed by atoms with van der Waals surface area (Å²) in [7, 11) is 0. The molecule has 3 rings (SSSR count). The Morgan fingerprint density at radius 1 is 0.846 bits per heavy atom. The smallest absolute Gasteiger partial charge is 0.0922 e. The summed E-state index contributed by atoms with van der Waals surface area (Å²) in [6.45, 7) is 0. The van der Waals surface area contributed by atoms with Crippen LogP contribution in [0, 0.1) is 6.42 Å². The van der Waals surface area contributed by atoms with Crippen LogP contribution in [-0.2, 0) is 0 Å². The summed E-state index contributed by atoms with van der Waals surface area (Å²) in [5.41, 5.74) is 4.06. The van der Waals surface area contributed by atoms with Crippen LogP contribution in [0.5, 0.6) is 0 Å². The predicted octanol–water partition coefficient (Wildman–Crippen LogP) is 1.93. The average molecular weight is 166 g/mol. The van der Waals surface area contributed by atoms with Gasteiger partial charge >= 0.3 is 0 Å². The summed E-state index contributed by atoms with van der Waals surface area (Å²) in [5.74, 6) is 0. The maximum atomic E-state index is 4.22. The molecular formula is C11H6N2. The first-order valence-electron chi connectivity index (χ1n) is 4.12. The predicted molar refractivity (Wildman–Crippen MR) is 48.9 cm³/mol. The molecule has 0 bridgehead atoms. The van der Waals surface area contributed by atoms with Gasteiger partial charge in [0.05, 0.1) is 17.8 Å². The van der Waals surface area contributed by atoms with Crippen LogP contribution >= 0.6 is 0 Å². The summed E-state index contributed by atoms with van der Waals surface area (Å²) >= 11 is 0. The van der Waals surface area contributed by atoms with Gasteiger partial charge in [0.1, 0.15) is 0 Å². The third-order valence-corrected chi connectivity index (χ3v) is 2.14. The molecule has 0 fully saturated rings. The third-order valence-electron chi connectivity index (χ3n) is 2.14. The molecule has 0 unspecified atom stereocenters. The Morgan fingerprint density at radius 2 is 1.38 bits per heavy atom. The Bertz CT molecular complexity index is 420. The lowest BCUT2D eigenvalue weighted by molar-refractivity contribution is 1.21. The van der Waals surface area contributed by atoms with Gasteiger partial charge in [-0.3, -0.25) is 9.97 Å². The fraction of sp³-hybridized carbons (Fsp3) is 0. The van der Waals surface area contributed by atoms with Crippen molar-refractivity contribution in [3.63, 3.8) is 0 Å². The molecule has 1 aliphatic rings. The molecule has 1 aliphatic carbocycles. The van der Waals surface area contributed by atoms with Gasteiger partial charge in [-0.15, -0.1) is 0 Å². The fourth-order valence-electron chi connectivity index (χ4n) is 1.56. The van der Waals surface area contributed by atoms with E-state index in [4.69, 9.17) is 0 Å². The lowest BCUT2D eigenvalue weighted by Crippen LogP contribution is -1.82. The zero-order valence-electron chi connectivity index (χ0n) is 6.86. The molecule has 2 aromatic heterocycles. The Labute approximate surface area is 76.3 Å². The molecule has 2 nitrogen and oxygen atoms in total. The van der Waals surface area contributed by atoms with E-state index in [1.54, 1.807) is 12.4 Å². The number of pyridine rings is 2. The van der Waals surface area contributed by atoms with Crippen LogP contribution in [0.25, 0.3) is 11.1 Å². The monoisotopic (exact) mass is 166 g/mol. The number of rotatable bonds is 0. The van der Waals surface area contributed by atoms with Crippen molar-refractivity contribution in [1.82, 2.24) is 9.97 Å². The molecule has 0 saturated carbocycles. The number of fused-ring (bicyclic) bond motifs is 3. The first-order chi connectivity index (χ1) is 6.45. The second-order valence-electron chi connectivity index (χ2n) is 2.92. The van der Waals surface area contributed by atoms with Gasteiger partial charge in [-0.25, -0.2) is 0 Å². The van der Waals surface area contributed by atoms with Crippen LogP contribution in [0.1, 0.15) is 11.4 Å². The van der Waals surface area contributed by atoms with Gasteiger partial charge < -0.3 is 0 Å². The maximum Gasteiger partial charge on any atom is 0.0922 e. The Morgan fingerprint density at radius 3 is 1.92 bits per heavy atom. The Balaban J connectivity index is 2.32. The third kappa shape index (κ3) is 0.886. The highest BCUT2D eigenvalue weighted by Crippen LogP contribution is 2.34. The quantitative estimate of drug-likeness (QED) is 0.510. The van der Waals surface area contributed by atoms with E-state index in [9.17, 15) is 0 Å². The van der Waals surface area contributed by atoms with Crippen LogP contribution in [0.3, 0.4) is 0 Å². The van der Waals surface area contributed by atoms with E-state index >= 15 is 0 Å².